The van der Waals surface area contributed by atoms with E-state index in [1.165, 1.54) is 0 Å². The first-order valence-corrected chi connectivity index (χ1v) is 9.19. The fraction of sp³-hybridized carbons (Fsp3) is 0.368. The second-order valence-corrected chi connectivity index (χ2v) is 6.63. The lowest BCUT2D eigenvalue weighted by atomic mass is 10.1. The Labute approximate surface area is 162 Å². The molecule has 4 rings (SSSR count). The zero-order chi connectivity index (χ0) is 19.7. The summed E-state index contributed by atoms with van der Waals surface area (Å²) >= 11 is 0. The molecule has 144 valence electrons. The summed E-state index contributed by atoms with van der Waals surface area (Å²) in [5, 5.41) is 14.5. The van der Waals surface area contributed by atoms with Gasteiger partial charge in [0.2, 0.25) is 0 Å². The Hall–Kier alpha value is -3.54. The summed E-state index contributed by atoms with van der Waals surface area (Å²) < 4.78 is 6.72. The highest BCUT2D eigenvalue weighted by atomic mass is 16.6. The summed E-state index contributed by atoms with van der Waals surface area (Å²) in [6, 6.07) is 6.12. The van der Waals surface area contributed by atoms with Crippen LogP contribution < -0.4 is 4.90 Å². The number of aromatic nitrogens is 4. The summed E-state index contributed by atoms with van der Waals surface area (Å²) in [6.07, 6.45) is 3.33. The molecule has 0 unspecified atom stereocenters. The quantitative estimate of drug-likeness (QED) is 0.748. The Morgan fingerprint density at radius 1 is 1.36 bits per heavy atom. The highest BCUT2D eigenvalue weighted by Gasteiger charge is 2.24. The van der Waals surface area contributed by atoms with Crippen LogP contribution in [0.3, 0.4) is 0 Å². The molecule has 9 nitrogen and oxygen atoms in total. The zero-order valence-corrected chi connectivity index (χ0v) is 15.8. The zero-order valence-electron chi connectivity index (χ0n) is 15.8. The molecule has 1 aliphatic rings. The van der Waals surface area contributed by atoms with Crippen molar-refractivity contribution in [3.8, 4) is 17.3 Å². The van der Waals surface area contributed by atoms with Crippen LogP contribution in [-0.2, 0) is 11.8 Å². The number of aryl methyl sites for hydroxylation is 1. The molecule has 1 amide bonds. The van der Waals surface area contributed by atoms with Crippen LogP contribution in [0.5, 0.6) is 0 Å². The van der Waals surface area contributed by atoms with Crippen molar-refractivity contribution in [3.63, 3.8) is 0 Å². The number of carbonyl (C=O) groups excluding carboxylic acids is 1. The number of aromatic amines is 1. The van der Waals surface area contributed by atoms with Crippen LogP contribution in [-0.4, -0.2) is 63.5 Å². The molecular weight excluding hydrogens is 358 g/mol. The second kappa shape index (κ2) is 7.23. The molecular formula is C19H21N7O2. The van der Waals surface area contributed by atoms with Gasteiger partial charge < -0.3 is 19.5 Å². The highest BCUT2D eigenvalue weighted by Crippen LogP contribution is 2.31. The number of hydrogen-bond acceptors (Lipinski definition) is 6. The van der Waals surface area contributed by atoms with E-state index in [2.05, 4.69) is 26.0 Å². The number of rotatable bonds is 3. The number of nitrogens with zero attached hydrogens (tertiary/aromatic N) is 6. The van der Waals surface area contributed by atoms with Crippen molar-refractivity contribution in [2.45, 2.75) is 6.92 Å². The van der Waals surface area contributed by atoms with Crippen molar-refractivity contribution in [1.29, 1.82) is 5.26 Å². The molecule has 1 fully saturated rings. The van der Waals surface area contributed by atoms with Gasteiger partial charge in [0.25, 0.3) is 0 Å². The Morgan fingerprint density at radius 2 is 2.14 bits per heavy atom. The van der Waals surface area contributed by atoms with E-state index in [9.17, 15) is 10.1 Å². The van der Waals surface area contributed by atoms with Gasteiger partial charge in [-0.25, -0.2) is 9.78 Å². The van der Waals surface area contributed by atoms with Crippen LogP contribution in [0.15, 0.2) is 24.5 Å². The molecule has 28 heavy (non-hydrogen) atoms. The SMILES string of the molecule is CCOC(=O)N1CCN(c2ccnc3[nH]c(-c4cn(C)nc4C#N)cc23)CC1. The van der Waals surface area contributed by atoms with Gasteiger partial charge in [-0.2, -0.15) is 10.4 Å². The number of ether oxygens (including phenoxy) is 1. The first-order chi connectivity index (χ1) is 13.6. The molecule has 4 heterocycles. The van der Waals surface area contributed by atoms with Gasteiger partial charge in [0.15, 0.2) is 5.69 Å². The molecule has 9 heteroatoms. The van der Waals surface area contributed by atoms with Gasteiger partial charge in [0, 0.05) is 56.7 Å². The predicted octanol–water partition coefficient (Wildman–Crippen LogP) is 2.11. The van der Waals surface area contributed by atoms with E-state index < -0.39 is 0 Å². The molecule has 1 aliphatic heterocycles. The van der Waals surface area contributed by atoms with Crippen LogP contribution in [0, 0.1) is 11.3 Å². The number of carbonyl (C=O) groups is 1. The Kier molecular flexibility index (Phi) is 4.61. The fourth-order valence-electron chi connectivity index (χ4n) is 3.55. The van der Waals surface area contributed by atoms with Gasteiger partial charge in [-0.3, -0.25) is 4.68 Å². The molecule has 0 aliphatic carbocycles. The number of fused-ring (bicyclic) bond motifs is 1. The second-order valence-electron chi connectivity index (χ2n) is 6.63. The molecule has 0 saturated carbocycles. The van der Waals surface area contributed by atoms with E-state index in [0.29, 0.717) is 25.4 Å². The molecule has 1 N–H and O–H groups in total. The van der Waals surface area contributed by atoms with Gasteiger partial charge in [-0.05, 0) is 19.1 Å². The molecule has 1 saturated heterocycles. The van der Waals surface area contributed by atoms with Crippen LogP contribution in [0.2, 0.25) is 0 Å². The molecule has 0 spiro atoms. The van der Waals surface area contributed by atoms with Crippen LogP contribution in [0.25, 0.3) is 22.3 Å². The van der Waals surface area contributed by atoms with Crippen molar-refractivity contribution in [3.05, 3.63) is 30.2 Å². The number of anilines is 1. The standard InChI is InChI=1S/C19H21N7O2/c1-3-28-19(27)26-8-6-25(7-9-26)17-4-5-21-18-13(17)10-15(22-18)14-12-24(2)23-16(14)11-20/h4-5,10,12H,3,6-9H2,1-2H3,(H,21,22). The van der Waals surface area contributed by atoms with Crippen molar-refractivity contribution >= 4 is 22.8 Å². The van der Waals surface area contributed by atoms with E-state index in [-0.39, 0.29) is 6.09 Å². The minimum Gasteiger partial charge on any atom is -0.450 e. The lowest BCUT2D eigenvalue weighted by Gasteiger charge is -2.35. The van der Waals surface area contributed by atoms with E-state index in [0.717, 1.165) is 41.1 Å². The molecule has 0 bridgehead atoms. The number of nitrogens with one attached hydrogen (secondary N) is 1. The molecule has 0 atom stereocenters. The van der Waals surface area contributed by atoms with Crippen LogP contribution >= 0.6 is 0 Å². The third-order valence-corrected chi connectivity index (χ3v) is 4.88. The van der Waals surface area contributed by atoms with Gasteiger partial charge in [0.05, 0.1) is 17.9 Å². The van der Waals surface area contributed by atoms with Crippen molar-refractivity contribution in [1.82, 2.24) is 24.6 Å². The smallest absolute Gasteiger partial charge is 0.409 e. The van der Waals surface area contributed by atoms with Crippen molar-refractivity contribution < 1.29 is 9.53 Å². The maximum atomic E-state index is 11.9. The lowest BCUT2D eigenvalue weighted by Crippen LogP contribution is -2.49. The minimum absolute atomic E-state index is 0.258. The highest BCUT2D eigenvalue weighted by molar-refractivity contribution is 5.94. The maximum absolute atomic E-state index is 11.9. The van der Waals surface area contributed by atoms with Gasteiger partial charge in [0.1, 0.15) is 11.7 Å². The Morgan fingerprint density at radius 3 is 2.86 bits per heavy atom. The average Bonchev–Trinajstić information content (AvgIpc) is 3.31. The molecule has 0 aromatic carbocycles. The number of amides is 1. The fourth-order valence-corrected chi connectivity index (χ4v) is 3.55. The van der Waals surface area contributed by atoms with E-state index in [4.69, 9.17) is 4.74 Å². The van der Waals surface area contributed by atoms with Gasteiger partial charge >= 0.3 is 6.09 Å². The third-order valence-electron chi connectivity index (χ3n) is 4.88. The van der Waals surface area contributed by atoms with Crippen LogP contribution in [0.4, 0.5) is 10.5 Å². The largest absolute Gasteiger partial charge is 0.450 e. The number of hydrogen-bond donors (Lipinski definition) is 1. The predicted molar refractivity (Wildman–Crippen MR) is 104 cm³/mol. The topological polar surface area (TPSA) is 103 Å². The third kappa shape index (κ3) is 3.13. The average molecular weight is 379 g/mol. The first kappa shape index (κ1) is 17.9. The summed E-state index contributed by atoms with van der Waals surface area (Å²) in [5.74, 6) is 0. The molecule has 3 aromatic rings. The number of pyridine rings is 1. The monoisotopic (exact) mass is 379 g/mol. The number of nitriles is 1. The summed E-state index contributed by atoms with van der Waals surface area (Å²) in [5.41, 5.74) is 3.75. The normalized spacial score (nSPS) is 14.3. The lowest BCUT2D eigenvalue weighted by molar-refractivity contribution is 0.105. The summed E-state index contributed by atoms with van der Waals surface area (Å²) in [7, 11) is 1.79. The summed E-state index contributed by atoms with van der Waals surface area (Å²) in [4.78, 5) is 23.6. The van der Waals surface area contributed by atoms with E-state index in [1.54, 1.807) is 22.8 Å². The Balaban J connectivity index is 1.62. The minimum atomic E-state index is -0.258. The maximum Gasteiger partial charge on any atom is 0.409 e. The van der Waals surface area contributed by atoms with Crippen molar-refractivity contribution in [2.75, 3.05) is 37.7 Å². The summed E-state index contributed by atoms with van der Waals surface area (Å²) in [6.45, 7) is 4.85. The number of H-pyrrole nitrogens is 1. The van der Waals surface area contributed by atoms with Gasteiger partial charge in [-0.1, -0.05) is 0 Å². The number of piperazine rings is 1. The van der Waals surface area contributed by atoms with Crippen molar-refractivity contribution in [2.24, 2.45) is 7.05 Å². The van der Waals surface area contributed by atoms with E-state index >= 15 is 0 Å². The van der Waals surface area contributed by atoms with Gasteiger partial charge in [-0.15, -0.1) is 0 Å². The first-order valence-electron chi connectivity index (χ1n) is 9.19. The van der Waals surface area contributed by atoms with E-state index in [1.807, 2.05) is 25.3 Å². The molecule has 0 radical (unpaired) electrons. The Bertz CT molecular complexity index is 1050. The van der Waals surface area contributed by atoms with Crippen LogP contribution in [0.1, 0.15) is 12.6 Å². The molecule has 3 aromatic heterocycles.